The van der Waals surface area contributed by atoms with E-state index in [4.69, 9.17) is 0 Å². The predicted octanol–water partition coefficient (Wildman–Crippen LogP) is 2.52. The van der Waals surface area contributed by atoms with E-state index in [0.29, 0.717) is 25.7 Å². The van der Waals surface area contributed by atoms with Gasteiger partial charge in [-0.15, -0.1) is 0 Å². The summed E-state index contributed by atoms with van der Waals surface area (Å²) in [5, 5.41) is 33.3. The maximum atomic E-state index is 12.6. The van der Waals surface area contributed by atoms with Crippen LogP contribution >= 0.6 is 0 Å². The monoisotopic (exact) mass is 334 g/mol. The van der Waals surface area contributed by atoms with Gasteiger partial charge in [-0.2, -0.15) is 0 Å². The molecule has 24 heavy (non-hydrogen) atoms. The fraction of sp³-hybridized carbons (Fsp3) is 0.750. The van der Waals surface area contributed by atoms with Crippen molar-refractivity contribution < 1.29 is 20.1 Å². The van der Waals surface area contributed by atoms with Gasteiger partial charge in [-0.3, -0.25) is 4.79 Å². The summed E-state index contributed by atoms with van der Waals surface area (Å²) in [7, 11) is 0. The first kappa shape index (κ1) is 17.8. The van der Waals surface area contributed by atoms with E-state index in [-0.39, 0.29) is 18.1 Å². The molecule has 3 aliphatic carbocycles. The van der Waals surface area contributed by atoms with Crippen molar-refractivity contribution >= 4 is 5.78 Å². The summed E-state index contributed by atoms with van der Waals surface area (Å²) in [5.74, 6) is 0.121. The summed E-state index contributed by atoms with van der Waals surface area (Å²) in [4.78, 5) is 12.6. The molecule has 2 saturated carbocycles. The quantitative estimate of drug-likeness (QED) is 0.644. The zero-order chi connectivity index (χ0) is 18.1. The number of carbonyl (C=O) groups excluding carboxylic acids is 1. The van der Waals surface area contributed by atoms with Gasteiger partial charge in [0, 0.05) is 22.8 Å². The maximum Gasteiger partial charge on any atom is 0.160 e. The zero-order valence-electron chi connectivity index (χ0n) is 15.2. The van der Waals surface area contributed by atoms with E-state index in [1.54, 1.807) is 0 Å². The fourth-order valence-corrected chi connectivity index (χ4v) is 5.61. The van der Waals surface area contributed by atoms with E-state index in [0.717, 1.165) is 16.7 Å². The highest BCUT2D eigenvalue weighted by Gasteiger charge is 2.63. The molecule has 0 aromatic heterocycles. The third-order valence-corrected chi connectivity index (χ3v) is 6.95. The Morgan fingerprint density at radius 1 is 1.25 bits per heavy atom. The number of carbonyl (C=O) groups is 1. The summed E-state index contributed by atoms with van der Waals surface area (Å²) >= 11 is 0. The first-order valence-corrected chi connectivity index (χ1v) is 9.01. The van der Waals surface area contributed by atoms with Gasteiger partial charge in [0.25, 0.3) is 0 Å². The van der Waals surface area contributed by atoms with Crippen molar-refractivity contribution in [1.82, 2.24) is 0 Å². The molecule has 0 aromatic rings. The zero-order valence-corrected chi connectivity index (χ0v) is 15.2. The number of ketones is 1. The van der Waals surface area contributed by atoms with E-state index in [9.17, 15) is 20.1 Å². The van der Waals surface area contributed by atoms with Gasteiger partial charge in [-0.05, 0) is 42.7 Å². The van der Waals surface area contributed by atoms with Gasteiger partial charge in [-0.25, -0.2) is 0 Å². The van der Waals surface area contributed by atoms with E-state index in [1.165, 1.54) is 0 Å². The Balaban J connectivity index is 2.21. The van der Waals surface area contributed by atoms with Crippen LogP contribution in [0, 0.1) is 16.7 Å². The first-order valence-electron chi connectivity index (χ1n) is 9.01. The lowest BCUT2D eigenvalue weighted by molar-refractivity contribution is -0.150. The average Bonchev–Trinajstić information content (AvgIpc) is 2.69. The van der Waals surface area contributed by atoms with Crippen LogP contribution in [-0.4, -0.2) is 38.9 Å². The molecule has 3 N–H and O–H groups in total. The molecule has 0 aliphatic heterocycles. The van der Waals surface area contributed by atoms with E-state index in [1.807, 2.05) is 27.7 Å². The predicted molar refractivity (Wildman–Crippen MR) is 92.3 cm³/mol. The SMILES string of the molecule is C=C1CC[C@@H](O)[C@@]2(C)C[C@@H](O)C3=C(C(C)C)C(=O)C[C@]3(C)C[C@]12O. The first-order chi connectivity index (χ1) is 11.0. The molecule has 0 amide bonds. The Hall–Kier alpha value is -0.970. The van der Waals surface area contributed by atoms with Gasteiger partial charge >= 0.3 is 0 Å². The van der Waals surface area contributed by atoms with Crippen LogP contribution in [0.1, 0.15) is 59.8 Å². The molecule has 4 heteroatoms. The average molecular weight is 334 g/mol. The smallest absolute Gasteiger partial charge is 0.160 e. The minimum Gasteiger partial charge on any atom is -0.392 e. The number of fused-ring (bicyclic) bond motifs is 2. The standard InChI is InChI=1S/C20H30O4/c1-11(2)16-13(21)8-18(4)10-20(24)12(3)6-7-15(23)19(20,5)9-14(22)17(16)18/h11,14-15,22-24H,3,6-10H2,1-2,4-5H3/t14-,15-,18-,19-,20+/m1/s1. The van der Waals surface area contributed by atoms with Crippen LogP contribution in [0.3, 0.4) is 0 Å². The second kappa shape index (κ2) is 5.26. The van der Waals surface area contributed by atoms with Crippen molar-refractivity contribution in [2.24, 2.45) is 16.7 Å². The van der Waals surface area contributed by atoms with Crippen LogP contribution in [0.4, 0.5) is 0 Å². The lowest BCUT2D eigenvalue weighted by Crippen LogP contribution is -2.58. The molecule has 2 fully saturated rings. The van der Waals surface area contributed by atoms with Crippen LogP contribution in [0.25, 0.3) is 0 Å². The number of Topliss-reactive ketones (excluding diaryl/α,β-unsaturated/α-hetero) is 1. The summed E-state index contributed by atoms with van der Waals surface area (Å²) in [6.07, 6.45) is 0.509. The normalized spacial score (nSPS) is 46.2. The van der Waals surface area contributed by atoms with E-state index in [2.05, 4.69) is 6.58 Å². The number of allylic oxidation sites excluding steroid dienone is 1. The van der Waals surface area contributed by atoms with Crippen molar-refractivity contribution in [3.05, 3.63) is 23.3 Å². The molecule has 0 saturated heterocycles. The van der Waals surface area contributed by atoms with Crippen molar-refractivity contribution in [2.45, 2.75) is 77.6 Å². The second-order valence-corrected chi connectivity index (χ2v) is 8.98. The van der Waals surface area contributed by atoms with E-state index < -0.39 is 28.6 Å². The number of aliphatic hydroxyl groups is 3. The third kappa shape index (κ3) is 2.12. The summed E-state index contributed by atoms with van der Waals surface area (Å²) in [5.41, 5.74) is -0.483. The fourth-order valence-electron chi connectivity index (χ4n) is 5.61. The highest BCUT2D eigenvalue weighted by molar-refractivity contribution is 6.00. The van der Waals surface area contributed by atoms with Crippen LogP contribution in [0.15, 0.2) is 23.3 Å². The number of hydrogen-bond donors (Lipinski definition) is 3. The topological polar surface area (TPSA) is 77.8 Å². The molecule has 0 spiro atoms. The molecule has 3 rings (SSSR count). The summed E-state index contributed by atoms with van der Waals surface area (Å²) in [6.45, 7) is 11.9. The minimum atomic E-state index is -1.27. The van der Waals surface area contributed by atoms with Crippen LogP contribution < -0.4 is 0 Å². The highest BCUT2D eigenvalue weighted by Crippen LogP contribution is 2.62. The summed E-state index contributed by atoms with van der Waals surface area (Å²) < 4.78 is 0. The van der Waals surface area contributed by atoms with Crippen molar-refractivity contribution in [1.29, 1.82) is 0 Å². The minimum absolute atomic E-state index is 0.0414. The van der Waals surface area contributed by atoms with Gasteiger partial charge in [0.1, 0.15) is 0 Å². The third-order valence-electron chi connectivity index (χ3n) is 6.95. The Labute approximate surface area is 144 Å². The van der Waals surface area contributed by atoms with Crippen LogP contribution in [0.2, 0.25) is 0 Å². The summed E-state index contributed by atoms with van der Waals surface area (Å²) in [6, 6.07) is 0. The van der Waals surface area contributed by atoms with E-state index >= 15 is 0 Å². The van der Waals surface area contributed by atoms with Gasteiger partial charge in [0.15, 0.2) is 5.78 Å². The molecule has 3 aliphatic rings. The van der Waals surface area contributed by atoms with Gasteiger partial charge in [-0.1, -0.05) is 34.3 Å². The van der Waals surface area contributed by atoms with Crippen LogP contribution in [-0.2, 0) is 4.79 Å². The highest BCUT2D eigenvalue weighted by atomic mass is 16.3. The molecule has 5 atom stereocenters. The Kier molecular flexibility index (Phi) is 3.91. The maximum absolute atomic E-state index is 12.6. The van der Waals surface area contributed by atoms with Crippen molar-refractivity contribution in [3.8, 4) is 0 Å². The lowest BCUT2D eigenvalue weighted by atomic mass is 9.56. The van der Waals surface area contributed by atoms with Crippen molar-refractivity contribution in [3.63, 3.8) is 0 Å². The Bertz CT molecular complexity index is 634. The molecule has 0 bridgehead atoms. The molecule has 4 nitrogen and oxygen atoms in total. The number of rotatable bonds is 1. The van der Waals surface area contributed by atoms with Gasteiger partial charge < -0.3 is 15.3 Å². The second-order valence-electron chi connectivity index (χ2n) is 8.98. The van der Waals surface area contributed by atoms with Crippen molar-refractivity contribution in [2.75, 3.05) is 0 Å². The number of hydrogen-bond acceptors (Lipinski definition) is 4. The molecule has 0 heterocycles. The van der Waals surface area contributed by atoms with Gasteiger partial charge in [0.2, 0.25) is 0 Å². The lowest BCUT2D eigenvalue weighted by Gasteiger charge is -2.53. The molecule has 0 aromatic carbocycles. The molecule has 134 valence electrons. The molecule has 0 radical (unpaired) electrons. The Morgan fingerprint density at radius 3 is 2.46 bits per heavy atom. The Morgan fingerprint density at radius 2 is 1.88 bits per heavy atom. The largest absolute Gasteiger partial charge is 0.392 e. The van der Waals surface area contributed by atoms with Gasteiger partial charge in [0.05, 0.1) is 17.8 Å². The van der Waals surface area contributed by atoms with Crippen LogP contribution in [0.5, 0.6) is 0 Å². The number of aliphatic hydroxyl groups excluding tert-OH is 2. The molecular weight excluding hydrogens is 304 g/mol. The molecular formula is C20H30O4. The molecule has 0 unspecified atom stereocenters.